The number of rotatable bonds is 2. The van der Waals surface area contributed by atoms with Crippen molar-refractivity contribution in [3.8, 4) is 0 Å². The molecule has 2 rings (SSSR count). The number of Topliss-reactive ketones (excluding diaryl/α,β-unsaturated/α-hetero) is 1. The van der Waals surface area contributed by atoms with Gasteiger partial charge in [0.05, 0.1) is 6.61 Å². The zero-order valence-electron chi connectivity index (χ0n) is 8.69. The molecule has 1 aromatic heterocycles. The molecule has 0 unspecified atom stereocenters. The minimum atomic E-state index is -0.0553. The number of carbonyl (C=O) groups excluding carboxylic acids is 1. The van der Waals surface area contributed by atoms with Gasteiger partial charge in [0.15, 0.2) is 5.76 Å². The molecule has 1 aliphatic heterocycles. The van der Waals surface area contributed by atoms with Gasteiger partial charge in [-0.15, -0.1) is 0 Å². The molecule has 1 aromatic rings. The van der Waals surface area contributed by atoms with Crippen molar-refractivity contribution < 1.29 is 9.53 Å². The number of aromatic nitrogens is 1. The molecular formula is C12H13NO2. The lowest BCUT2D eigenvalue weighted by molar-refractivity contribution is 0.0898. The van der Waals surface area contributed by atoms with Crippen molar-refractivity contribution in [1.29, 1.82) is 0 Å². The van der Waals surface area contributed by atoms with Crippen LogP contribution in [0.5, 0.6) is 0 Å². The molecule has 0 amide bonds. The summed E-state index contributed by atoms with van der Waals surface area (Å²) in [6, 6.07) is 1.83. The lowest BCUT2D eigenvalue weighted by Gasteiger charge is -2.14. The van der Waals surface area contributed by atoms with E-state index in [0.717, 1.165) is 18.4 Å². The van der Waals surface area contributed by atoms with Gasteiger partial charge in [-0.2, -0.15) is 0 Å². The molecule has 0 atom stereocenters. The van der Waals surface area contributed by atoms with Crippen LogP contribution in [0.3, 0.4) is 0 Å². The summed E-state index contributed by atoms with van der Waals surface area (Å²) < 4.78 is 5.33. The van der Waals surface area contributed by atoms with E-state index in [4.69, 9.17) is 4.74 Å². The number of hydrogen-bond acceptors (Lipinski definition) is 3. The van der Waals surface area contributed by atoms with Gasteiger partial charge in [-0.3, -0.25) is 9.78 Å². The standard InChI is InChI=1S/C12H13NO2/c1-9-5-6-13-8-10(9)12(14)11-4-2-3-7-15-11/h4-6,8H,2-3,7H2,1H3. The maximum Gasteiger partial charge on any atom is 0.229 e. The number of carbonyl (C=O) groups is 1. The first kappa shape index (κ1) is 9.90. The molecule has 0 aliphatic carbocycles. The van der Waals surface area contributed by atoms with Gasteiger partial charge in [0.2, 0.25) is 5.78 Å². The van der Waals surface area contributed by atoms with Crippen LogP contribution in [-0.2, 0) is 4.74 Å². The van der Waals surface area contributed by atoms with Gasteiger partial charge in [0.25, 0.3) is 0 Å². The molecule has 0 saturated carbocycles. The Labute approximate surface area is 88.8 Å². The van der Waals surface area contributed by atoms with Crippen LogP contribution in [-0.4, -0.2) is 17.4 Å². The highest BCUT2D eigenvalue weighted by molar-refractivity contribution is 6.08. The number of nitrogens with zero attached hydrogens (tertiary/aromatic N) is 1. The highest BCUT2D eigenvalue weighted by Crippen LogP contribution is 2.17. The van der Waals surface area contributed by atoms with Gasteiger partial charge in [0, 0.05) is 18.0 Å². The summed E-state index contributed by atoms with van der Waals surface area (Å²) in [5.74, 6) is 0.414. The SMILES string of the molecule is Cc1ccncc1C(=O)C1=CCCCO1. The van der Waals surface area contributed by atoms with Crippen LogP contribution >= 0.6 is 0 Å². The Bertz CT molecular complexity index is 410. The maximum atomic E-state index is 12.0. The van der Waals surface area contributed by atoms with E-state index in [9.17, 15) is 4.79 Å². The largest absolute Gasteiger partial charge is 0.490 e. The van der Waals surface area contributed by atoms with Gasteiger partial charge in [-0.25, -0.2) is 0 Å². The Morgan fingerprint density at radius 1 is 1.53 bits per heavy atom. The number of aryl methyl sites for hydroxylation is 1. The topological polar surface area (TPSA) is 39.2 Å². The van der Waals surface area contributed by atoms with Crippen LogP contribution in [0.15, 0.2) is 30.3 Å². The Morgan fingerprint density at radius 3 is 3.07 bits per heavy atom. The number of ether oxygens (including phenoxy) is 1. The van der Waals surface area contributed by atoms with Gasteiger partial charge >= 0.3 is 0 Å². The minimum absolute atomic E-state index is 0.0553. The van der Waals surface area contributed by atoms with E-state index in [0.29, 0.717) is 17.9 Å². The van der Waals surface area contributed by atoms with E-state index in [1.807, 2.05) is 19.1 Å². The predicted octanol–water partition coefficient (Wildman–Crippen LogP) is 2.27. The van der Waals surface area contributed by atoms with Gasteiger partial charge in [0.1, 0.15) is 0 Å². The molecule has 3 heteroatoms. The van der Waals surface area contributed by atoms with Crippen molar-refractivity contribution in [3.63, 3.8) is 0 Å². The molecule has 0 N–H and O–H groups in total. The summed E-state index contributed by atoms with van der Waals surface area (Å²) in [6.45, 7) is 2.54. The normalized spacial score (nSPS) is 15.4. The van der Waals surface area contributed by atoms with E-state index in [-0.39, 0.29) is 5.78 Å². The van der Waals surface area contributed by atoms with Crippen molar-refractivity contribution in [2.45, 2.75) is 19.8 Å². The first-order valence-electron chi connectivity index (χ1n) is 5.07. The Morgan fingerprint density at radius 2 is 2.40 bits per heavy atom. The van der Waals surface area contributed by atoms with Crippen LogP contribution < -0.4 is 0 Å². The first-order valence-corrected chi connectivity index (χ1v) is 5.07. The average Bonchev–Trinajstić information content (AvgIpc) is 2.30. The van der Waals surface area contributed by atoms with Gasteiger partial charge < -0.3 is 4.74 Å². The zero-order chi connectivity index (χ0) is 10.7. The van der Waals surface area contributed by atoms with Crippen molar-refractivity contribution in [1.82, 2.24) is 4.98 Å². The number of pyridine rings is 1. The van der Waals surface area contributed by atoms with Gasteiger partial charge in [-0.05, 0) is 37.5 Å². The molecule has 0 saturated heterocycles. The fourth-order valence-corrected chi connectivity index (χ4v) is 1.55. The van der Waals surface area contributed by atoms with E-state index in [2.05, 4.69) is 4.98 Å². The Balaban J connectivity index is 2.28. The summed E-state index contributed by atoms with van der Waals surface area (Å²) in [4.78, 5) is 15.9. The van der Waals surface area contributed by atoms with Crippen molar-refractivity contribution >= 4 is 5.78 Å². The monoisotopic (exact) mass is 203 g/mol. The molecule has 3 nitrogen and oxygen atoms in total. The molecule has 0 fully saturated rings. The summed E-state index contributed by atoms with van der Waals surface area (Å²) in [5.41, 5.74) is 1.57. The Kier molecular flexibility index (Phi) is 2.81. The second-order valence-corrected chi connectivity index (χ2v) is 3.58. The van der Waals surface area contributed by atoms with Crippen LogP contribution in [0.25, 0.3) is 0 Å². The predicted molar refractivity (Wildman–Crippen MR) is 56.6 cm³/mol. The van der Waals surface area contributed by atoms with Crippen molar-refractivity contribution in [3.05, 3.63) is 41.4 Å². The highest BCUT2D eigenvalue weighted by Gasteiger charge is 2.17. The molecule has 2 heterocycles. The quantitative estimate of drug-likeness (QED) is 0.692. The molecule has 0 aromatic carbocycles. The van der Waals surface area contributed by atoms with Crippen LogP contribution in [0.1, 0.15) is 28.8 Å². The molecule has 0 bridgehead atoms. The van der Waals surface area contributed by atoms with Gasteiger partial charge in [-0.1, -0.05) is 0 Å². The van der Waals surface area contributed by atoms with Crippen molar-refractivity contribution in [2.24, 2.45) is 0 Å². The molecular weight excluding hydrogens is 190 g/mol. The maximum absolute atomic E-state index is 12.0. The molecule has 15 heavy (non-hydrogen) atoms. The third-order valence-corrected chi connectivity index (χ3v) is 2.44. The fourth-order valence-electron chi connectivity index (χ4n) is 1.55. The molecule has 78 valence electrons. The van der Waals surface area contributed by atoms with Crippen LogP contribution in [0.4, 0.5) is 0 Å². The van der Waals surface area contributed by atoms with Crippen molar-refractivity contribution in [2.75, 3.05) is 6.61 Å². The highest BCUT2D eigenvalue weighted by atomic mass is 16.5. The second-order valence-electron chi connectivity index (χ2n) is 3.58. The lowest BCUT2D eigenvalue weighted by atomic mass is 10.0. The third kappa shape index (κ3) is 2.06. The van der Waals surface area contributed by atoms with E-state index in [1.54, 1.807) is 12.4 Å². The second kappa shape index (κ2) is 4.26. The summed E-state index contributed by atoms with van der Waals surface area (Å²) in [6.07, 6.45) is 7.04. The smallest absolute Gasteiger partial charge is 0.229 e. The number of ketones is 1. The summed E-state index contributed by atoms with van der Waals surface area (Å²) in [7, 11) is 0. The molecule has 1 aliphatic rings. The Hall–Kier alpha value is -1.64. The van der Waals surface area contributed by atoms with E-state index < -0.39 is 0 Å². The van der Waals surface area contributed by atoms with Crippen LogP contribution in [0, 0.1) is 6.92 Å². The summed E-state index contributed by atoms with van der Waals surface area (Å²) in [5, 5.41) is 0. The van der Waals surface area contributed by atoms with E-state index in [1.165, 1.54) is 0 Å². The minimum Gasteiger partial charge on any atom is -0.490 e. The number of allylic oxidation sites excluding steroid dienone is 2. The summed E-state index contributed by atoms with van der Waals surface area (Å²) >= 11 is 0. The fraction of sp³-hybridized carbons (Fsp3) is 0.333. The third-order valence-electron chi connectivity index (χ3n) is 2.44. The average molecular weight is 203 g/mol. The van der Waals surface area contributed by atoms with E-state index >= 15 is 0 Å². The lowest BCUT2D eigenvalue weighted by Crippen LogP contribution is -2.12. The molecule has 0 spiro atoms. The van der Waals surface area contributed by atoms with Crippen LogP contribution in [0.2, 0.25) is 0 Å². The first-order chi connectivity index (χ1) is 7.29. The molecule has 0 radical (unpaired) electrons. The zero-order valence-corrected chi connectivity index (χ0v) is 8.69. The number of hydrogen-bond donors (Lipinski definition) is 0.